The summed E-state index contributed by atoms with van der Waals surface area (Å²) in [5.41, 5.74) is 1.34. The highest BCUT2D eigenvalue weighted by Gasteiger charge is 2.29. The normalized spacial score (nSPS) is 24.1. The number of aldehydes is 1. The Morgan fingerprint density at radius 1 is 1.21 bits per heavy atom. The number of fused-ring (bicyclic) bond motifs is 1. The zero-order valence-corrected chi connectivity index (χ0v) is 11.0. The number of benzene rings is 1. The number of hydrogen-bond acceptors (Lipinski definition) is 3. The van der Waals surface area contributed by atoms with E-state index in [-0.39, 0.29) is 5.82 Å². The summed E-state index contributed by atoms with van der Waals surface area (Å²) in [6.45, 7) is 4.11. The van der Waals surface area contributed by atoms with Crippen molar-refractivity contribution in [2.24, 2.45) is 0 Å². The van der Waals surface area contributed by atoms with Crippen LogP contribution in [0, 0.1) is 5.82 Å². The Kier molecular flexibility index (Phi) is 3.51. The summed E-state index contributed by atoms with van der Waals surface area (Å²) in [5, 5.41) is 0. The fraction of sp³-hybridized carbons (Fsp3) is 0.533. The molecule has 2 aliphatic rings. The summed E-state index contributed by atoms with van der Waals surface area (Å²) in [6, 6.07) is 5.09. The second kappa shape index (κ2) is 5.29. The van der Waals surface area contributed by atoms with Crippen LogP contribution in [-0.2, 0) is 0 Å². The Morgan fingerprint density at radius 2 is 2.11 bits per heavy atom. The molecule has 0 aromatic heterocycles. The third kappa shape index (κ3) is 2.50. The summed E-state index contributed by atoms with van der Waals surface area (Å²) < 4.78 is 13.2. The van der Waals surface area contributed by atoms with Crippen molar-refractivity contribution in [2.75, 3.05) is 31.1 Å². The summed E-state index contributed by atoms with van der Waals surface area (Å²) in [6.07, 6.45) is 4.57. The van der Waals surface area contributed by atoms with Gasteiger partial charge in [0.2, 0.25) is 0 Å². The number of carbonyl (C=O) groups excluding carboxylic acids is 1. The number of hydrogen-bond donors (Lipinski definition) is 0. The van der Waals surface area contributed by atoms with Crippen LogP contribution in [0.25, 0.3) is 0 Å². The van der Waals surface area contributed by atoms with E-state index in [1.807, 2.05) is 0 Å². The molecule has 0 N–H and O–H groups in total. The third-order valence-electron chi connectivity index (χ3n) is 4.29. The fourth-order valence-corrected chi connectivity index (χ4v) is 3.28. The molecule has 0 radical (unpaired) electrons. The lowest BCUT2D eigenvalue weighted by atomic mass is 9.98. The number of halogens is 1. The first-order valence-electron chi connectivity index (χ1n) is 7.01. The zero-order chi connectivity index (χ0) is 13.2. The molecule has 0 saturated carbocycles. The van der Waals surface area contributed by atoms with Gasteiger partial charge in [-0.2, -0.15) is 0 Å². The molecule has 1 aromatic carbocycles. The molecule has 2 aliphatic heterocycles. The van der Waals surface area contributed by atoms with Gasteiger partial charge in [0.05, 0.1) is 0 Å². The number of anilines is 1. The van der Waals surface area contributed by atoms with E-state index >= 15 is 0 Å². The molecule has 1 unspecified atom stereocenters. The van der Waals surface area contributed by atoms with Gasteiger partial charge in [0.1, 0.15) is 5.82 Å². The molecule has 2 fully saturated rings. The van der Waals surface area contributed by atoms with Crippen molar-refractivity contribution in [1.29, 1.82) is 0 Å². The van der Waals surface area contributed by atoms with Gasteiger partial charge in [0.25, 0.3) is 0 Å². The van der Waals surface area contributed by atoms with E-state index in [0.717, 1.165) is 31.6 Å². The molecule has 0 bridgehead atoms. The molecule has 2 saturated heterocycles. The monoisotopic (exact) mass is 262 g/mol. The van der Waals surface area contributed by atoms with Crippen LogP contribution < -0.4 is 4.90 Å². The number of nitrogens with zero attached hydrogens (tertiary/aromatic N) is 2. The van der Waals surface area contributed by atoms with Crippen molar-refractivity contribution in [1.82, 2.24) is 4.90 Å². The second-order valence-corrected chi connectivity index (χ2v) is 5.45. The summed E-state index contributed by atoms with van der Waals surface area (Å²) >= 11 is 0. The van der Waals surface area contributed by atoms with Gasteiger partial charge in [0, 0.05) is 36.9 Å². The Morgan fingerprint density at radius 3 is 2.95 bits per heavy atom. The van der Waals surface area contributed by atoms with Gasteiger partial charge in [-0.1, -0.05) is 6.42 Å². The summed E-state index contributed by atoms with van der Waals surface area (Å²) in [5.74, 6) is -0.345. The first kappa shape index (κ1) is 12.6. The Hall–Kier alpha value is -1.42. The third-order valence-corrected chi connectivity index (χ3v) is 4.29. The average molecular weight is 262 g/mol. The van der Waals surface area contributed by atoms with E-state index in [9.17, 15) is 9.18 Å². The van der Waals surface area contributed by atoms with Crippen LogP contribution in [-0.4, -0.2) is 43.4 Å². The molecular weight excluding hydrogens is 243 g/mol. The lowest BCUT2D eigenvalue weighted by Crippen LogP contribution is -2.55. The number of carbonyl (C=O) groups is 1. The molecule has 0 aliphatic carbocycles. The molecule has 19 heavy (non-hydrogen) atoms. The van der Waals surface area contributed by atoms with Gasteiger partial charge in [-0.25, -0.2) is 4.39 Å². The Labute approximate surface area is 113 Å². The molecule has 102 valence electrons. The zero-order valence-electron chi connectivity index (χ0n) is 11.0. The molecule has 1 atom stereocenters. The van der Waals surface area contributed by atoms with Crippen LogP contribution in [0.4, 0.5) is 10.1 Å². The van der Waals surface area contributed by atoms with E-state index in [1.165, 1.54) is 37.9 Å². The predicted octanol–water partition coefficient (Wildman–Crippen LogP) is 2.31. The molecule has 2 heterocycles. The molecule has 4 heteroatoms. The minimum atomic E-state index is -0.345. The van der Waals surface area contributed by atoms with Gasteiger partial charge in [-0.15, -0.1) is 0 Å². The van der Waals surface area contributed by atoms with E-state index in [2.05, 4.69) is 9.80 Å². The Balaban J connectivity index is 1.81. The highest BCUT2D eigenvalue weighted by Crippen LogP contribution is 2.27. The summed E-state index contributed by atoms with van der Waals surface area (Å²) in [4.78, 5) is 15.9. The van der Waals surface area contributed by atoms with E-state index in [0.29, 0.717) is 11.6 Å². The topological polar surface area (TPSA) is 23.6 Å². The minimum Gasteiger partial charge on any atom is -0.368 e. The lowest BCUT2D eigenvalue weighted by Gasteiger charge is -2.45. The second-order valence-electron chi connectivity index (χ2n) is 5.45. The Bertz CT molecular complexity index is 477. The van der Waals surface area contributed by atoms with Crippen LogP contribution in [0.15, 0.2) is 18.2 Å². The maximum absolute atomic E-state index is 13.2. The standard InChI is InChI=1S/C15H19FN2O/c16-13-4-5-15(12(9-13)11-19)18-8-7-17-6-2-1-3-14(17)10-18/h4-5,9,11,14H,1-3,6-8,10H2. The van der Waals surface area contributed by atoms with Crippen LogP contribution in [0.5, 0.6) is 0 Å². The molecule has 1 aromatic rings. The van der Waals surface area contributed by atoms with Gasteiger partial charge < -0.3 is 4.90 Å². The van der Waals surface area contributed by atoms with Crippen LogP contribution in [0.3, 0.4) is 0 Å². The van der Waals surface area contributed by atoms with Crippen molar-refractivity contribution in [3.8, 4) is 0 Å². The predicted molar refractivity (Wildman–Crippen MR) is 73.2 cm³/mol. The first-order valence-corrected chi connectivity index (χ1v) is 7.01. The smallest absolute Gasteiger partial charge is 0.152 e. The van der Waals surface area contributed by atoms with Crippen molar-refractivity contribution in [2.45, 2.75) is 25.3 Å². The van der Waals surface area contributed by atoms with Crippen LogP contribution in [0.1, 0.15) is 29.6 Å². The minimum absolute atomic E-state index is 0.345. The first-order chi connectivity index (χ1) is 9.28. The average Bonchev–Trinajstić information content (AvgIpc) is 2.46. The van der Waals surface area contributed by atoms with Gasteiger partial charge >= 0.3 is 0 Å². The van der Waals surface area contributed by atoms with E-state index in [1.54, 1.807) is 6.07 Å². The van der Waals surface area contributed by atoms with Crippen molar-refractivity contribution < 1.29 is 9.18 Å². The maximum Gasteiger partial charge on any atom is 0.152 e. The highest BCUT2D eigenvalue weighted by atomic mass is 19.1. The lowest BCUT2D eigenvalue weighted by molar-refractivity contribution is 0.112. The number of rotatable bonds is 2. The van der Waals surface area contributed by atoms with Crippen LogP contribution >= 0.6 is 0 Å². The quantitative estimate of drug-likeness (QED) is 0.764. The van der Waals surface area contributed by atoms with Gasteiger partial charge in [0.15, 0.2) is 6.29 Å². The van der Waals surface area contributed by atoms with E-state index < -0.39 is 0 Å². The number of piperazine rings is 1. The number of piperidine rings is 1. The SMILES string of the molecule is O=Cc1cc(F)ccc1N1CCN2CCCCC2C1. The highest BCUT2D eigenvalue weighted by molar-refractivity contribution is 5.84. The van der Waals surface area contributed by atoms with E-state index in [4.69, 9.17) is 0 Å². The fourth-order valence-electron chi connectivity index (χ4n) is 3.28. The van der Waals surface area contributed by atoms with Crippen molar-refractivity contribution >= 4 is 12.0 Å². The van der Waals surface area contributed by atoms with Crippen LogP contribution in [0.2, 0.25) is 0 Å². The van der Waals surface area contributed by atoms with Gasteiger partial charge in [-0.05, 0) is 37.6 Å². The molecule has 0 amide bonds. The van der Waals surface area contributed by atoms with Crippen molar-refractivity contribution in [3.63, 3.8) is 0 Å². The molecule has 0 spiro atoms. The molecule has 3 rings (SSSR count). The maximum atomic E-state index is 13.2. The van der Waals surface area contributed by atoms with Crippen molar-refractivity contribution in [3.05, 3.63) is 29.6 Å². The summed E-state index contributed by atoms with van der Waals surface area (Å²) in [7, 11) is 0. The molecular formula is C15H19FN2O. The molecule has 3 nitrogen and oxygen atoms in total. The van der Waals surface area contributed by atoms with Gasteiger partial charge in [-0.3, -0.25) is 9.69 Å². The largest absolute Gasteiger partial charge is 0.368 e.